The molecule has 0 aromatic heterocycles. The number of ether oxygens (including phenoxy) is 1. The number of rotatable bonds is 8. The number of nitrogens with zero attached hydrogens (tertiary/aromatic N) is 1. The Labute approximate surface area is 192 Å². The van der Waals surface area contributed by atoms with Gasteiger partial charge in [-0.15, -0.1) is 0 Å². The number of nitrogens with one attached hydrogen (secondary N) is 2. The lowest BCUT2D eigenvalue weighted by atomic mass is 10.0. The Morgan fingerprint density at radius 2 is 1.88 bits per heavy atom. The fourth-order valence-corrected chi connectivity index (χ4v) is 3.50. The van der Waals surface area contributed by atoms with Gasteiger partial charge in [0.1, 0.15) is 11.8 Å². The highest BCUT2D eigenvalue weighted by Gasteiger charge is 2.24. The fourth-order valence-electron chi connectivity index (χ4n) is 3.31. The molecular formula is C25H26ClN3O3. The first kappa shape index (κ1) is 23.3. The summed E-state index contributed by atoms with van der Waals surface area (Å²) in [7, 11) is 0. The lowest BCUT2D eigenvalue weighted by molar-refractivity contribution is -0.123. The van der Waals surface area contributed by atoms with Crippen LogP contribution in [0.2, 0.25) is 5.02 Å². The third-order valence-electron chi connectivity index (χ3n) is 4.92. The van der Waals surface area contributed by atoms with Crippen LogP contribution in [0, 0.1) is 5.92 Å². The second kappa shape index (κ2) is 10.8. The summed E-state index contributed by atoms with van der Waals surface area (Å²) in [6, 6.07) is 17.5. The van der Waals surface area contributed by atoms with Crippen LogP contribution in [0.15, 0.2) is 65.8 Å². The van der Waals surface area contributed by atoms with Crippen molar-refractivity contribution in [1.82, 2.24) is 10.7 Å². The molecule has 0 aliphatic carbocycles. The van der Waals surface area contributed by atoms with Crippen LogP contribution in [-0.2, 0) is 4.79 Å². The minimum absolute atomic E-state index is 0.148. The summed E-state index contributed by atoms with van der Waals surface area (Å²) in [6.07, 6.45) is 1.57. The summed E-state index contributed by atoms with van der Waals surface area (Å²) < 4.78 is 5.73. The second-order valence-corrected chi connectivity index (χ2v) is 8.01. The van der Waals surface area contributed by atoms with Crippen LogP contribution in [0.3, 0.4) is 0 Å². The number of hydrogen-bond donors (Lipinski definition) is 2. The van der Waals surface area contributed by atoms with E-state index in [4.69, 9.17) is 16.3 Å². The smallest absolute Gasteiger partial charge is 0.262 e. The molecule has 0 spiro atoms. The third kappa shape index (κ3) is 5.65. The predicted molar refractivity (Wildman–Crippen MR) is 128 cm³/mol. The average Bonchev–Trinajstić information content (AvgIpc) is 2.78. The van der Waals surface area contributed by atoms with Gasteiger partial charge in [-0.3, -0.25) is 9.59 Å². The maximum atomic E-state index is 12.8. The Bertz CT molecular complexity index is 1140. The highest BCUT2D eigenvalue weighted by Crippen LogP contribution is 2.26. The van der Waals surface area contributed by atoms with Crippen LogP contribution < -0.4 is 15.5 Å². The summed E-state index contributed by atoms with van der Waals surface area (Å²) >= 11 is 5.97. The van der Waals surface area contributed by atoms with Gasteiger partial charge in [-0.1, -0.05) is 61.8 Å². The molecule has 0 fully saturated rings. The van der Waals surface area contributed by atoms with E-state index in [2.05, 4.69) is 15.8 Å². The van der Waals surface area contributed by atoms with Crippen LogP contribution in [0.5, 0.6) is 5.75 Å². The largest absolute Gasteiger partial charge is 0.493 e. The molecule has 166 valence electrons. The Kier molecular flexibility index (Phi) is 7.84. The van der Waals surface area contributed by atoms with Crippen molar-refractivity contribution in [2.24, 2.45) is 11.0 Å². The average molecular weight is 452 g/mol. The number of hydrogen-bond acceptors (Lipinski definition) is 4. The molecular weight excluding hydrogens is 426 g/mol. The highest BCUT2D eigenvalue weighted by molar-refractivity contribution is 6.31. The quantitative estimate of drug-likeness (QED) is 0.381. The molecule has 0 aliphatic rings. The number of halogens is 1. The summed E-state index contributed by atoms with van der Waals surface area (Å²) in [6.45, 7) is 6.12. The third-order valence-corrected chi connectivity index (χ3v) is 5.16. The topological polar surface area (TPSA) is 79.8 Å². The van der Waals surface area contributed by atoms with E-state index in [1.54, 1.807) is 30.5 Å². The SMILES string of the molecule is CCOc1ccc2ccccc2c1/C=N/NC(=O)C(NC(=O)c1cccc(Cl)c1)C(C)C. The molecule has 3 aromatic carbocycles. The lowest BCUT2D eigenvalue weighted by Crippen LogP contribution is -2.48. The zero-order valence-corrected chi connectivity index (χ0v) is 19.0. The molecule has 32 heavy (non-hydrogen) atoms. The molecule has 0 saturated carbocycles. The molecule has 3 aromatic rings. The zero-order chi connectivity index (χ0) is 23.1. The van der Waals surface area contributed by atoms with Crippen molar-refractivity contribution in [3.63, 3.8) is 0 Å². The van der Waals surface area contributed by atoms with E-state index in [0.717, 1.165) is 16.3 Å². The lowest BCUT2D eigenvalue weighted by Gasteiger charge is -2.20. The Balaban J connectivity index is 1.77. The van der Waals surface area contributed by atoms with E-state index in [1.807, 2.05) is 57.2 Å². The van der Waals surface area contributed by atoms with Crippen LogP contribution in [-0.4, -0.2) is 30.7 Å². The number of hydrazone groups is 1. The minimum atomic E-state index is -0.766. The van der Waals surface area contributed by atoms with Gasteiger partial charge in [0.15, 0.2) is 0 Å². The number of fused-ring (bicyclic) bond motifs is 1. The molecule has 6 nitrogen and oxygen atoms in total. The van der Waals surface area contributed by atoms with E-state index in [0.29, 0.717) is 22.9 Å². The first-order valence-electron chi connectivity index (χ1n) is 10.4. The van der Waals surface area contributed by atoms with Gasteiger partial charge < -0.3 is 10.1 Å². The maximum absolute atomic E-state index is 12.8. The van der Waals surface area contributed by atoms with Crippen molar-refractivity contribution in [1.29, 1.82) is 0 Å². The van der Waals surface area contributed by atoms with Gasteiger partial charge in [0.25, 0.3) is 11.8 Å². The first-order valence-corrected chi connectivity index (χ1v) is 10.8. The monoisotopic (exact) mass is 451 g/mol. The standard InChI is InChI=1S/C25H26ClN3O3/c1-4-32-22-13-12-17-8-5-6-11-20(17)21(22)15-27-29-25(31)23(16(2)3)28-24(30)18-9-7-10-19(26)14-18/h5-16,23H,4H2,1-3H3,(H,28,30)(H,29,31)/b27-15+. The molecule has 0 heterocycles. The molecule has 7 heteroatoms. The van der Waals surface area contributed by atoms with Gasteiger partial charge in [-0.25, -0.2) is 5.43 Å². The number of amides is 2. The van der Waals surface area contributed by atoms with Crippen molar-refractivity contribution in [3.05, 3.63) is 76.8 Å². The van der Waals surface area contributed by atoms with Gasteiger partial charge >= 0.3 is 0 Å². The van der Waals surface area contributed by atoms with E-state index in [9.17, 15) is 9.59 Å². The normalized spacial score (nSPS) is 12.2. The minimum Gasteiger partial charge on any atom is -0.493 e. The van der Waals surface area contributed by atoms with Crippen LogP contribution >= 0.6 is 11.6 Å². The van der Waals surface area contributed by atoms with Crippen molar-refractivity contribution in [2.45, 2.75) is 26.8 Å². The maximum Gasteiger partial charge on any atom is 0.262 e. The van der Waals surface area contributed by atoms with Crippen LogP contribution in [0.25, 0.3) is 10.8 Å². The van der Waals surface area contributed by atoms with Crippen LogP contribution in [0.4, 0.5) is 0 Å². The first-order chi connectivity index (χ1) is 15.4. The van der Waals surface area contributed by atoms with E-state index < -0.39 is 11.9 Å². The fraction of sp³-hybridized carbons (Fsp3) is 0.240. The van der Waals surface area contributed by atoms with Gasteiger partial charge in [0, 0.05) is 16.1 Å². The molecule has 2 N–H and O–H groups in total. The van der Waals surface area contributed by atoms with E-state index in [1.165, 1.54) is 0 Å². The summed E-state index contributed by atoms with van der Waals surface area (Å²) in [5, 5.41) is 9.37. The number of carbonyl (C=O) groups excluding carboxylic acids is 2. The highest BCUT2D eigenvalue weighted by atomic mass is 35.5. The molecule has 0 aliphatic heterocycles. The number of carbonyl (C=O) groups is 2. The zero-order valence-electron chi connectivity index (χ0n) is 18.3. The molecule has 0 saturated heterocycles. The molecule has 1 atom stereocenters. The van der Waals surface area contributed by atoms with E-state index in [-0.39, 0.29) is 11.8 Å². The van der Waals surface area contributed by atoms with Crippen molar-refractivity contribution in [3.8, 4) is 5.75 Å². The molecule has 3 rings (SSSR count). The van der Waals surface area contributed by atoms with E-state index >= 15 is 0 Å². The van der Waals surface area contributed by atoms with Crippen molar-refractivity contribution in [2.75, 3.05) is 6.61 Å². The molecule has 2 amide bonds. The Hall–Kier alpha value is -3.38. The summed E-state index contributed by atoms with van der Waals surface area (Å²) in [5.74, 6) is -0.258. The van der Waals surface area contributed by atoms with Gasteiger partial charge in [0.2, 0.25) is 0 Å². The Morgan fingerprint density at radius 1 is 1.09 bits per heavy atom. The van der Waals surface area contributed by atoms with Gasteiger partial charge in [-0.05, 0) is 47.9 Å². The summed E-state index contributed by atoms with van der Waals surface area (Å²) in [4.78, 5) is 25.4. The van der Waals surface area contributed by atoms with Crippen LogP contribution in [0.1, 0.15) is 36.7 Å². The Morgan fingerprint density at radius 3 is 2.59 bits per heavy atom. The second-order valence-electron chi connectivity index (χ2n) is 7.57. The van der Waals surface area contributed by atoms with Gasteiger partial charge in [0.05, 0.1) is 12.8 Å². The summed E-state index contributed by atoms with van der Waals surface area (Å²) in [5.41, 5.74) is 3.71. The van der Waals surface area contributed by atoms with Crippen molar-refractivity contribution >= 4 is 40.4 Å². The molecule has 1 unspecified atom stereocenters. The van der Waals surface area contributed by atoms with Gasteiger partial charge in [-0.2, -0.15) is 5.10 Å². The molecule has 0 bridgehead atoms. The number of benzene rings is 3. The van der Waals surface area contributed by atoms with Crippen molar-refractivity contribution < 1.29 is 14.3 Å². The molecule has 0 radical (unpaired) electrons. The predicted octanol–water partition coefficient (Wildman–Crippen LogP) is 4.80.